The van der Waals surface area contributed by atoms with Gasteiger partial charge in [0.1, 0.15) is 30.8 Å². The number of carbonyl (C=O) groups excluding carboxylic acids is 1. The minimum Gasteiger partial charge on any atom is -0.489 e. The van der Waals surface area contributed by atoms with Gasteiger partial charge in [0.05, 0.1) is 10.6 Å². The second-order valence-corrected chi connectivity index (χ2v) is 7.94. The van der Waals surface area contributed by atoms with Gasteiger partial charge in [0.25, 0.3) is 5.91 Å². The van der Waals surface area contributed by atoms with Crippen LogP contribution in [0.3, 0.4) is 0 Å². The maximum atomic E-state index is 13.1. The molecule has 3 aliphatic heterocycles. The Morgan fingerprint density at radius 3 is 2.39 bits per heavy atom. The fraction of sp³-hybridized carbons (Fsp3) is 0.304. The fourth-order valence-corrected chi connectivity index (χ4v) is 3.76. The number of aliphatic carboxylic acids is 1. The summed E-state index contributed by atoms with van der Waals surface area (Å²) in [6.45, 7) is 2.24. The normalized spacial score (nSPS) is 19.5. The number of halogens is 1. The summed E-state index contributed by atoms with van der Waals surface area (Å²) in [6.07, 6.45) is 3.69. The Hall–Kier alpha value is -3.03. The quantitative estimate of drug-likeness (QED) is 0.619. The van der Waals surface area contributed by atoms with Crippen LogP contribution in [0.2, 0.25) is 5.02 Å². The second-order valence-electron chi connectivity index (χ2n) is 7.54. The Morgan fingerprint density at radius 2 is 1.74 bits per heavy atom. The van der Waals surface area contributed by atoms with Gasteiger partial charge in [-0.3, -0.25) is 4.79 Å². The van der Waals surface area contributed by atoms with Gasteiger partial charge in [-0.1, -0.05) is 23.7 Å². The van der Waals surface area contributed by atoms with Crippen LogP contribution in [0.5, 0.6) is 11.5 Å². The Bertz CT molecular complexity index is 1020. The molecular formula is C23H23ClN2O5. The van der Waals surface area contributed by atoms with Crippen LogP contribution in [0.15, 0.2) is 48.6 Å². The number of carboxylic acids is 1. The van der Waals surface area contributed by atoms with E-state index in [-0.39, 0.29) is 13.0 Å². The largest absolute Gasteiger partial charge is 0.489 e. The van der Waals surface area contributed by atoms with Crippen LogP contribution in [-0.4, -0.2) is 49.3 Å². The summed E-state index contributed by atoms with van der Waals surface area (Å²) in [5.41, 5.74) is 2.02. The van der Waals surface area contributed by atoms with Crippen molar-refractivity contribution in [3.05, 3.63) is 70.3 Å². The molecule has 5 rings (SSSR count). The van der Waals surface area contributed by atoms with E-state index in [0.717, 1.165) is 18.7 Å². The Labute approximate surface area is 185 Å². The van der Waals surface area contributed by atoms with E-state index in [4.69, 9.17) is 21.1 Å². The molecule has 2 bridgehead atoms. The zero-order chi connectivity index (χ0) is 21.8. The first-order valence-electron chi connectivity index (χ1n) is 10.1. The lowest BCUT2D eigenvalue weighted by molar-refractivity contribution is -0.139. The molecule has 3 heterocycles. The first-order chi connectivity index (χ1) is 15.0. The highest BCUT2D eigenvalue weighted by Crippen LogP contribution is 2.28. The van der Waals surface area contributed by atoms with Crippen molar-refractivity contribution in [3.63, 3.8) is 0 Å². The molecule has 31 heavy (non-hydrogen) atoms. The fourth-order valence-electron chi connectivity index (χ4n) is 3.50. The zero-order valence-corrected chi connectivity index (χ0v) is 17.5. The Morgan fingerprint density at radius 1 is 1.03 bits per heavy atom. The number of hydrogen-bond donors (Lipinski definition) is 3. The topological polar surface area (TPSA) is 96.9 Å². The van der Waals surface area contributed by atoms with Crippen LogP contribution in [0.4, 0.5) is 0 Å². The molecule has 0 saturated carbocycles. The van der Waals surface area contributed by atoms with Gasteiger partial charge in [0.15, 0.2) is 0 Å². The number of ether oxygens (including phenoxy) is 2. The molecule has 1 atom stereocenters. The molecule has 1 saturated heterocycles. The number of benzene rings is 2. The van der Waals surface area contributed by atoms with Crippen molar-refractivity contribution < 1.29 is 24.2 Å². The van der Waals surface area contributed by atoms with E-state index in [2.05, 4.69) is 10.6 Å². The monoisotopic (exact) mass is 442 g/mol. The van der Waals surface area contributed by atoms with Crippen molar-refractivity contribution in [2.24, 2.45) is 0 Å². The molecular weight excluding hydrogens is 420 g/mol. The van der Waals surface area contributed by atoms with E-state index in [9.17, 15) is 14.7 Å². The van der Waals surface area contributed by atoms with Gasteiger partial charge in [0.2, 0.25) is 0 Å². The third kappa shape index (κ3) is 5.00. The van der Waals surface area contributed by atoms with Gasteiger partial charge in [-0.2, -0.15) is 0 Å². The van der Waals surface area contributed by atoms with Gasteiger partial charge >= 0.3 is 5.97 Å². The lowest BCUT2D eigenvalue weighted by atomic mass is 9.92. The summed E-state index contributed by atoms with van der Waals surface area (Å²) < 4.78 is 11.4. The number of carbonyl (C=O) groups is 2. The van der Waals surface area contributed by atoms with Gasteiger partial charge in [-0.15, -0.1) is 0 Å². The Kier molecular flexibility index (Phi) is 6.44. The van der Waals surface area contributed by atoms with E-state index in [0.29, 0.717) is 40.2 Å². The summed E-state index contributed by atoms with van der Waals surface area (Å²) >= 11 is 6.27. The van der Waals surface area contributed by atoms with Crippen LogP contribution in [0, 0.1) is 0 Å². The second kappa shape index (κ2) is 9.41. The summed E-state index contributed by atoms with van der Waals surface area (Å²) in [4.78, 5) is 24.9. The first kappa shape index (κ1) is 21.2. The highest BCUT2D eigenvalue weighted by atomic mass is 35.5. The number of fused-ring (bicyclic) bond motifs is 9. The van der Waals surface area contributed by atoms with E-state index in [1.54, 1.807) is 36.4 Å². The lowest BCUT2D eigenvalue weighted by Crippen LogP contribution is -2.43. The molecule has 0 radical (unpaired) electrons. The predicted molar refractivity (Wildman–Crippen MR) is 116 cm³/mol. The smallest absolute Gasteiger partial charge is 0.326 e. The van der Waals surface area contributed by atoms with Crippen molar-refractivity contribution in [2.75, 3.05) is 26.3 Å². The molecule has 0 aliphatic carbocycles. The zero-order valence-electron chi connectivity index (χ0n) is 16.8. The van der Waals surface area contributed by atoms with Crippen LogP contribution < -0.4 is 20.1 Å². The summed E-state index contributed by atoms with van der Waals surface area (Å²) in [6, 6.07) is 9.49. The van der Waals surface area contributed by atoms with Crippen molar-refractivity contribution in [3.8, 4) is 11.5 Å². The van der Waals surface area contributed by atoms with Crippen molar-refractivity contribution in [1.82, 2.24) is 10.6 Å². The molecule has 7 nitrogen and oxygen atoms in total. The third-order valence-corrected chi connectivity index (χ3v) is 5.67. The van der Waals surface area contributed by atoms with Crippen molar-refractivity contribution in [1.29, 1.82) is 0 Å². The number of carboxylic acid groups (broad SMARTS) is 1. The molecule has 0 unspecified atom stereocenters. The van der Waals surface area contributed by atoms with Crippen molar-refractivity contribution in [2.45, 2.75) is 18.4 Å². The first-order valence-corrected chi connectivity index (χ1v) is 10.5. The Balaban J connectivity index is 1.67. The van der Waals surface area contributed by atoms with Crippen LogP contribution >= 0.6 is 11.6 Å². The maximum absolute atomic E-state index is 13.1. The van der Waals surface area contributed by atoms with Gasteiger partial charge < -0.3 is 25.2 Å². The maximum Gasteiger partial charge on any atom is 0.326 e. The third-order valence-electron chi connectivity index (χ3n) is 5.38. The molecule has 3 aliphatic rings. The van der Waals surface area contributed by atoms with E-state index >= 15 is 0 Å². The molecule has 0 aromatic heterocycles. The minimum atomic E-state index is -1.13. The highest BCUT2D eigenvalue weighted by molar-refractivity contribution is 6.32. The summed E-state index contributed by atoms with van der Waals surface area (Å²) in [5.74, 6) is -0.384. The number of nitrogens with one attached hydrogen (secondary N) is 2. The van der Waals surface area contributed by atoms with Crippen LogP contribution in [0.25, 0.3) is 0 Å². The van der Waals surface area contributed by atoms with Crippen LogP contribution in [0.1, 0.15) is 27.4 Å². The molecule has 3 N–H and O–H groups in total. The molecule has 8 heteroatoms. The predicted octanol–water partition coefficient (Wildman–Crippen LogP) is 2.78. The SMILES string of the molecule is O=C1N[C@H](C(=O)O)Cc2ccc(c(Cl)c2)OCC=CCOc2ccc(C3CNC3)cc21. The molecule has 1 fully saturated rings. The van der Waals surface area contributed by atoms with Crippen LogP contribution in [-0.2, 0) is 11.2 Å². The van der Waals surface area contributed by atoms with E-state index in [1.807, 2.05) is 12.1 Å². The van der Waals surface area contributed by atoms with E-state index < -0.39 is 17.9 Å². The standard InChI is InChI=1S/C23H23ClN2O5/c24-18-9-14-3-5-21(18)31-8-2-1-7-30-20-6-4-15(16-12-25-13-16)11-17(20)22(27)26-19(10-14)23(28)29/h1-6,9,11,16,19,25H,7-8,10,12-13H2,(H,26,27)(H,28,29)/t19-/m0/s1. The summed E-state index contributed by atoms with van der Waals surface area (Å²) in [7, 11) is 0. The number of hydrogen-bond acceptors (Lipinski definition) is 5. The molecule has 162 valence electrons. The van der Waals surface area contributed by atoms with Gasteiger partial charge in [-0.25, -0.2) is 4.79 Å². The number of amides is 1. The van der Waals surface area contributed by atoms with Gasteiger partial charge in [0, 0.05) is 25.4 Å². The van der Waals surface area contributed by atoms with Crippen molar-refractivity contribution >= 4 is 23.5 Å². The molecule has 2 aromatic rings. The average molecular weight is 443 g/mol. The molecule has 0 spiro atoms. The minimum absolute atomic E-state index is 0.0867. The highest BCUT2D eigenvalue weighted by Gasteiger charge is 2.26. The average Bonchev–Trinajstić information content (AvgIpc) is 2.70. The molecule has 1 amide bonds. The van der Waals surface area contributed by atoms with E-state index in [1.165, 1.54) is 0 Å². The van der Waals surface area contributed by atoms with Gasteiger partial charge in [-0.05, 0) is 47.5 Å². The lowest BCUT2D eigenvalue weighted by Gasteiger charge is -2.28. The summed E-state index contributed by atoms with van der Waals surface area (Å²) in [5, 5.41) is 15.9. The number of rotatable bonds is 2. The molecule has 2 aromatic carbocycles.